The number of ether oxygens (including phenoxy) is 1. The first-order chi connectivity index (χ1) is 14.5. The van der Waals surface area contributed by atoms with Gasteiger partial charge in [0.15, 0.2) is 0 Å². The largest absolute Gasteiger partial charge is 0.495 e. The van der Waals surface area contributed by atoms with Crippen LogP contribution in [0, 0.1) is 0 Å². The molecule has 31 heavy (non-hydrogen) atoms. The molecule has 0 saturated carbocycles. The van der Waals surface area contributed by atoms with Gasteiger partial charge in [0.2, 0.25) is 5.91 Å². The lowest BCUT2D eigenvalue weighted by molar-refractivity contribution is -0.137. The highest BCUT2D eigenvalue weighted by Gasteiger charge is 2.31. The fourth-order valence-corrected chi connectivity index (χ4v) is 4.26. The van der Waals surface area contributed by atoms with Crippen molar-refractivity contribution in [2.45, 2.75) is 17.1 Å². The van der Waals surface area contributed by atoms with E-state index in [-0.39, 0.29) is 22.2 Å². The lowest BCUT2D eigenvalue weighted by Crippen LogP contribution is -2.37. The second-order valence-corrected chi connectivity index (χ2v) is 8.50. The van der Waals surface area contributed by atoms with E-state index in [0.717, 1.165) is 12.1 Å². The van der Waals surface area contributed by atoms with E-state index in [1.807, 2.05) is 11.0 Å². The number of sulfonamides is 1. The van der Waals surface area contributed by atoms with E-state index < -0.39 is 27.8 Å². The predicted octanol–water partition coefficient (Wildman–Crippen LogP) is 3.32. The molecule has 11 heteroatoms. The van der Waals surface area contributed by atoms with Crippen LogP contribution in [0.3, 0.4) is 0 Å². The summed E-state index contributed by atoms with van der Waals surface area (Å²) in [5.74, 6) is -0.372. The zero-order chi connectivity index (χ0) is 22.8. The van der Waals surface area contributed by atoms with Crippen molar-refractivity contribution in [1.82, 2.24) is 4.90 Å². The first kappa shape index (κ1) is 22.6. The van der Waals surface area contributed by atoms with Gasteiger partial charge in [-0.15, -0.1) is 0 Å². The van der Waals surface area contributed by atoms with E-state index in [2.05, 4.69) is 10.0 Å². The van der Waals surface area contributed by atoms with Crippen molar-refractivity contribution in [2.24, 2.45) is 0 Å². The number of nitrogens with zero attached hydrogens (tertiary/aromatic N) is 1. The Kier molecular flexibility index (Phi) is 6.27. The Balaban J connectivity index is 1.83. The number of halogens is 3. The molecule has 0 unspecified atom stereocenters. The average molecular weight is 455 g/mol. The number of anilines is 2. The van der Waals surface area contributed by atoms with Crippen molar-refractivity contribution in [3.63, 3.8) is 0 Å². The zero-order valence-electron chi connectivity index (χ0n) is 16.6. The van der Waals surface area contributed by atoms with Gasteiger partial charge in [-0.2, -0.15) is 13.2 Å². The van der Waals surface area contributed by atoms with E-state index in [9.17, 15) is 26.4 Å². The van der Waals surface area contributed by atoms with E-state index in [1.54, 1.807) is 13.1 Å². The first-order valence-electron chi connectivity index (χ1n) is 9.07. The molecular formula is C20H20F3N3O4S. The number of hydrogen-bond donors (Lipinski definition) is 2. The van der Waals surface area contributed by atoms with Crippen LogP contribution in [0.2, 0.25) is 0 Å². The fourth-order valence-electron chi connectivity index (χ4n) is 3.06. The number of carbonyl (C=O) groups excluding carboxylic acids is 1. The number of carbonyl (C=O) groups is 1. The van der Waals surface area contributed by atoms with Crippen molar-refractivity contribution >= 4 is 27.3 Å². The van der Waals surface area contributed by atoms with Gasteiger partial charge in [0.1, 0.15) is 16.7 Å². The van der Waals surface area contributed by atoms with Gasteiger partial charge in [-0.05, 0) is 37.4 Å². The van der Waals surface area contributed by atoms with Crippen LogP contribution in [0.15, 0.2) is 59.5 Å². The summed E-state index contributed by atoms with van der Waals surface area (Å²) < 4.78 is 71.4. The minimum absolute atomic E-state index is 0.0763. The number of rotatable bonds is 6. The third-order valence-corrected chi connectivity index (χ3v) is 6.04. The summed E-state index contributed by atoms with van der Waals surface area (Å²) in [6, 6.07) is 7.31. The normalized spacial score (nSPS) is 16.9. The monoisotopic (exact) mass is 455 g/mol. The van der Waals surface area contributed by atoms with Crippen LogP contribution in [0.4, 0.5) is 24.5 Å². The third-order valence-electron chi connectivity index (χ3n) is 4.62. The fraction of sp³-hybridized carbons (Fsp3) is 0.250. The van der Waals surface area contributed by atoms with Gasteiger partial charge in [-0.1, -0.05) is 18.2 Å². The van der Waals surface area contributed by atoms with E-state index >= 15 is 0 Å². The molecule has 1 amide bonds. The number of benzene rings is 2. The number of amides is 1. The third kappa shape index (κ3) is 5.17. The van der Waals surface area contributed by atoms with Crippen molar-refractivity contribution in [3.8, 4) is 5.75 Å². The minimum atomic E-state index is -4.61. The summed E-state index contributed by atoms with van der Waals surface area (Å²) in [7, 11) is -1.22. The molecule has 1 atom stereocenters. The van der Waals surface area contributed by atoms with Gasteiger partial charge in [0, 0.05) is 24.0 Å². The SMILES string of the molecule is COc1cc(NC(=O)[C@@H]2C=CCN2C)ccc1S(=O)(=O)Nc1cccc(C(F)(F)F)c1. The standard InChI is InChI=1S/C20H20F3N3O4S/c1-26-10-4-7-16(26)19(27)24-14-8-9-18(17(12-14)30-2)31(28,29)25-15-6-3-5-13(11-15)20(21,22)23/h3-9,11-12,16,25H,10H2,1-2H3,(H,24,27)/t16-/m0/s1. The summed E-state index contributed by atoms with van der Waals surface area (Å²) in [4.78, 5) is 13.9. The number of likely N-dealkylation sites (N-methyl/N-ethyl adjacent to an activating group) is 1. The van der Waals surface area contributed by atoms with Crippen LogP contribution in [-0.4, -0.2) is 46.0 Å². The molecule has 2 aromatic carbocycles. The van der Waals surface area contributed by atoms with Crippen LogP contribution in [0.25, 0.3) is 0 Å². The van der Waals surface area contributed by atoms with Gasteiger partial charge in [0.05, 0.1) is 12.7 Å². The summed E-state index contributed by atoms with van der Waals surface area (Å²) >= 11 is 0. The van der Waals surface area contributed by atoms with Crippen LogP contribution in [0.5, 0.6) is 5.75 Å². The summed E-state index contributed by atoms with van der Waals surface area (Å²) in [6.07, 6.45) is -0.994. The Labute approximate surface area is 177 Å². The van der Waals surface area contributed by atoms with Gasteiger partial charge in [-0.25, -0.2) is 8.42 Å². The molecule has 3 rings (SSSR count). The highest BCUT2D eigenvalue weighted by Crippen LogP contribution is 2.33. The van der Waals surface area contributed by atoms with E-state index in [4.69, 9.17) is 4.74 Å². The molecule has 0 aromatic heterocycles. The van der Waals surface area contributed by atoms with Gasteiger partial charge >= 0.3 is 6.18 Å². The van der Waals surface area contributed by atoms with E-state index in [1.165, 1.54) is 31.4 Å². The molecule has 0 fully saturated rings. The molecule has 2 N–H and O–H groups in total. The van der Waals surface area contributed by atoms with Crippen LogP contribution in [-0.2, 0) is 21.0 Å². The molecule has 0 aliphatic carbocycles. The van der Waals surface area contributed by atoms with Crippen molar-refractivity contribution < 1.29 is 31.1 Å². The second kappa shape index (κ2) is 8.60. The minimum Gasteiger partial charge on any atom is -0.495 e. The zero-order valence-corrected chi connectivity index (χ0v) is 17.4. The van der Waals surface area contributed by atoms with Crippen molar-refractivity contribution in [3.05, 3.63) is 60.2 Å². The average Bonchev–Trinajstić information content (AvgIpc) is 3.13. The molecule has 7 nitrogen and oxygen atoms in total. The number of alkyl halides is 3. The predicted molar refractivity (Wildman–Crippen MR) is 109 cm³/mol. The highest BCUT2D eigenvalue weighted by atomic mass is 32.2. The summed E-state index contributed by atoms with van der Waals surface area (Å²) in [5.41, 5.74) is -0.914. The maximum absolute atomic E-state index is 12.9. The lowest BCUT2D eigenvalue weighted by Gasteiger charge is -2.19. The molecule has 1 aliphatic heterocycles. The van der Waals surface area contributed by atoms with Gasteiger partial charge in [-0.3, -0.25) is 14.4 Å². The van der Waals surface area contributed by atoms with Gasteiger partial charge in [0.25, 0.3) is 10.0 Å². The molecule has 0 radical (unpaired) electrons. The molecule has 0 spiro atoms. The molecule has 1 heterocycles. The Hall–Kier alpha value is -3.05. The molecular weight excluding hydrogens is 435 g/mol. The summed E-state index contributed by atoms with van der Waals surface area (Å²) in [5, 5.41) is 2.69. The topological polar surface area (TPSA) is 87.7 Å². The Bertz CT molecular complexity index is 1120. The first-order valence-corrected chi connectivity index (χ1v) is 10.6. The van der Waals surface area contributed by atoms with Crippen molar-refractivity contribution in [1.29, 1.82) is 0 Å². The second-order valence-electron chi connectivity index (χ2n) is 6.85. The highest BCUT2D eigenvalue weighted by molar-refractivity contribution is 7.92. The summed E-state index contributed by atoms with van der Waals surface area (Å²) in [6.45, 7) is 0.639. The molecule has 1 aliphatic rings. The molecule has 2 aromatic rings. The van der Waals surface area contributed by atoms with Gasteiger partial charge < -0.3 is 10.1 Å². The lowest BCUT2D eigenvalue weighted by atomic mass is 10.2. The maximum atomic E-state index is 12.9. The van der Waals surface area contributed by atoms with Crippen LogP contribution < -0.4 is 14.8 Å². The molecule has 0 saturated heterocycles. The number of hydrogen-bond acceptors (Lipinski definition) is 5. The quantitative estimate of drug-likeness (QED) is 0.653. The number of methoxy groups -OCH3 is 1. The Morgan fingerprint density at radius 2 is 1.90 bits per heavy atom. The number of nitrogens with one attached hydrogen (secondary N) is 2. The van der Waals surface area contributed by atoms with Crippen LogP contribution >= 0.6 is 0 Å². The Morgan fingerprint density at radius 3 is 2.52 bits per heavy atom. The van der Waals surface area contributed by atoms with Crippen molar-refractivity contribution in [2.75, 3.05) is 30.7 Å². The van der Waals surface area contributed by atoms with Crippen LogP contribution in [0.1, 0.15) is 5.56 Å². The molecule has 0 bridgehead atoms. The van der Waals surface area contributed by atoms with E-state index in [0.29, 0.717) is 18.3 Å². The smallest absolute Gasteiger partial charge is 0.416 e. The molecule has 166 valence electrons. The maximum Gasteiger partial charge on any atom is 0.416 e. The Morgan fingerprint density at radius 1 is 1.16 bits per heavy atom.